The number of benzene rings is 1. The molecule has 81 heavy (non-hydrogen) atoms. The molecule has 458 valence electrons. The summed E-state index contributed by atoms with van der Waals surface area (Å²) in [6.45, 7) is 43.9. The number of fused-ring (bicyclic) bond motifs is 6. The fraction of sp³-hybridized carbons (Fsp3) is 0.740. The van der Waals surface area contributed by atoms with E-state index in [4.69, 9.17) is 9.84 Å². The van der Waals surface area contributed by atoms with Crippen LogP contribution in [-0.2, 0) is 6.42 Å². The molecule has 0 saturated heterocycles. The highest BCUT2D eigenvalue weighted by molar-refractivity contribution is 5.58. The number of ether oxygens (including phenoxy) is 1. The van der Waals surface area contributed by atoms with Crippen LogP contribution in [0.1, 0.15) is 268 Å². The van der Waals surface area contributed by atoms with Crippen molar-refractivity contribution in [3.05, 3.63) is 105 Å². The van der Waals surface area contributed by atoms with Gasteiger partial charge in [-0.05, 0) is 242 Å². The second-order valence-electron chi connectivity index (χ2n) is 30.3. The van der Waals surface area contributed by atoms with E-state index in [1.165, 1.54) is 131 Å². The monoisotopic (exact) mass is 1110 g/mol. The maximum atomic E-state index is 10.4. The van der Waals surface area contributed by atoms with Crippen molar-refractivity contribution in [3.63, 3.8) is 0 Å². The number of hydrogen-bond donors (Lipinski definition) is 3. The number of hydrogen-bond acceptors (Lipinski definition) is 4. The highest BCUT2D eigenvalue weighted by Gasteiger charge is 2.59. The van der Waals surface area contributed by atoms with Crippen molar-refractivity contribution in [1.82, 2.24) is 0 Å². The molecule has 4 nitrogen and oxygen atoms in total. The number of allylic oxidation sites excluding steroid dienone is 12. The maximum Gasteiger partial charge on any atom is 0.127 e. The summed E-state index contributed by atoms with van der Waals surface area (Å²) in [5.41, 5.74) is 12.4. The highest BCUT2D eigenvalue weighted by Crippen LogP contribution is 2.67. The van der Waals surface area contributed by atoms with Crippen LogP contribution >= 0.6 is 0 Å². The Labute approximate surface area is 500 Å². The van der Waals surface area contributed by atoms with Gasteiger partial charge < -0.3 is 20.1 Å². The molecular formula is C77H126O4. The number of aromatic hydroxyl groups is 1. The first-order valence-corrected chi connectivity index (χ1v) is 33.6. The lowest BCUT2D eigenvalue weighted by Gasteiger charge is -2.58. The Balaban J connectivity index is 0.000000227. The van der Waals surface area contributed by atoms with E-state index >= 15 is 0 Å². The Morgan fingerprint density at radius 3 is 2.02 bits per heavy atom. The molecule has 1 aromatic rings. The number of aliphatic hydroxyl groups is 2. The Morgan fingerprint density at radius 2 is 1.38 bits per heavy atom. The van der Waals surface area contributed by atoms with Crippen LogP contribution in [0.15, 0.2) is 82.5 Å². The van der Waals surface area contributed by atoms with Crippen molar-refractivity contribution in [2.75, 3.05) is 6.61 Å². The van der Waals surface area contributed by atoms with Gasteiger partial charge in [0.2, 0.25) is 0 Å². The van der Waals surface area contributed by atoms with E-state index < -0.39 is 0 Å². The summed E-state index contributed by atoms with van der Waals surface area (Å²) in [4.78, 5) is 0. The smallest absolute Gasteiger partial charge is 0.127 e. The number of phenolic OH excluding ortho intramolecular Hbond substituents is 1. The summed E-state index contributed by atoms with van der Waals surface area (Å²) in [6, 6.07) is 0. The summed E-state index contributed by atoms with van der Waals surface area (Å²) in [7, 11) is 0. The Kier molecular flexibility index (Phi) is 26.1. The molecule has 3 saturated carbocycles. The van der Waals surface area contributed by atoms with Gasteiger partial charge in [-0.2, -0.15) is 0 Å². The van der Waals surface area contributed by atoms with Crippen molar-refractivity contribution in [3.8, 4) is 11.5 Å². The normalized spacial score (nSPS) is 30.0. The zero-order chi connectivity index (χ0) is 60.0. The van der Waals surface area contributed by atoms with Gasteiger partial charge in [-0.15, -0.1) is 0 Å². The zero-order valence-corrected chi connectivity index (χ0v) is 56.1. The maximum absolute atomic E-state index is 10.4. The lowest BCUT2D eigenvalue weighted by molar-refractivity contribution is -0.0540. The van der Waals surface area contributed by atoms with Crippen molar-refractivity contribution < 1.29 is 20.1 Å². The Morgan fingerprint density at radius 1 is 0.716 bits per heavy atom. The molecule has 0 amide bonds. The van der Waals surface area contributed by atoms with Gasteiger partial charge in [-0.3, -0.25) is 0 Å². The largest absolute Gasteiger partial charge is 0.507 e. The average molecular weight is 1120 g/mol. The molecule has 6 aliphatic rings. The minimum atomic E-state index is -0.0866. The Bertz CT molecular complexity index is 2380. The number of rotatable bonds is 21. The van der Waals surface area contributed by atoms with Crippen molar-refractivity contribution in [2.45, 2.75) is 285 Å². The average Bonchev–Trinajstić information content (AvgIpc) is 3.88. The molecule has 0 aromatic heterocycles. The lowest BCUT2D eigenvalue weighted by Crippen LogP contribution is -2.50. The van der Waals surface area contributed by atoms with E-state index in [-0.39, 0.29) is 18.3 Å². The molecule has 12 atom stereocenters. The predicted molar refractivity (Wildman–Crippen MR) is 351 cm³/mol. The second-order valence-corrected chi connectivity index (χ2v) is 30.3. The molecule has 4 heteroatoms. The lowest BCUT2D eigenvalue weighted by atomic mass is 9.47. The number of phenols is 1. The quantitative estimate of drug-likeness (QED) is 0.0847. The molecule has 0 bridgehead atoms. The summed E-state index contributed by atoms with van der Waals surface area (Å²) in [5, 5.41) is 29.4. The van der Waals surface area contributed by atoms with Crippen LogP contribution in [-0.4, -0.2) is 33.6 Å². The summed E-state index contributed by atoms with van der Waals surface area (Å²) in [5.74, 6) is 9.67. The summed E-state index contributed by atoms with van der Waals surface area (Å²) in [6.07, 6.45) is 48.1. The topological polar surface area (TPSA) is 69.9 Å². The Hall–Kier alpha value is -3.08. The van der Waals surface area contributed by atoms with Crippen LogP contribution < -0.4 is 4.74 Å². The van der Waals surface area contributed by atoms with Gasteiger partial charge in [0.05, 0.1) is 12.7 Å². The molecule has 1 aromatic carbocycles. The van der Waals surface area contributed by atoms with E-state index in [9.17, 15) is 10.2 Å². The standard InChI is InChI=1S/C29H50O2.C28H46O.C20H30O/c1-20(2)12-9-13-21(3)14-10-15-22(4)16-11-18-29(8)19-17-26-25(7)27(30)23(5)24(6)28(26)31-29;1-18(2)19(3)7-8-20(4)24-11-12-25-23-10-9-21-17-22(29)13-15-27(21,5)26(23)14-16-28(24,25)6;1-16(8-6-9-17(2)13-15-21)11-12-19-18(3)10-7-14-20(19,4)5/h20-22,30H,9-19H2,1-8H3;7-9,18-20,22-26,29H,10-17H2,1-6H3;6,8-9,11-13,21H,7,10,14-15H2,1-5H3/b;8-7-;9-6+,12-11+,16-8+,17-13+/t21-,22-,29-;19-,20+,22-,23?,24+,25?,26?,27-,28+;/m10./s1. The summed E-state index contributed by atoms with van der Waals surface area (Å²) >= 11 is 0. The first-order chi connectivity index (χ1) is 38.1. The van der Waals surface area contributed by atoms with E-state index in [0.717, 1.165) is 107 Å². The van der Waals surface area contributed by atoms with Crippen LogP contribution in [0.3, 0.4) is 0 Å². The van der Waals surface area contributed by atoms with Crippen molar-refractivity contribution in [1.29, 1.82) is 0 Å². The second kappa shape index (κ2) is 30.8. The van der Waals surface area contributed by atoms with Gasteiger partial charge in [-0.1, -0.05) is 205 Å². The van der Waals surface area contributed by atoms with Gasteiger partial charge in [0.25, 0.3) is 0 Å². The van der Waals surface area contributed by atoms with Gasteiger partial charge in [-0.25, -0.2) is 0 Å². The third-order valence-electron chi connectivity index (χ3n) is 22.6. The van der Waals surface area contributed by atoms with Gasteiger partial charge in [0, 0.05) is 5.56 Å². The van der Waals surface area contributed by atoms with Crippen LogP contribution in [0.2, 0.25) is 0 Å². The van der Waals surface area contributed by atoms with Gasteiger partial charge in [0.15, 0.2) is 0 Å². The molecule has 1 aliphatic heterocycles. The molecule has 0 spiro atoms. The third kappa shape index (κ3) is 18.5. The molecule has 1 heterocycles. The molecule has 7 rings (SSSR count). The van der Waals surface area contributed by atoms with Gasteiger partial charge in [0.1, 0.15) is 17.1 Å². The van der Waals surface area contributed by atoms with E-state index in [1.54, 1.807) is 11.6 Å². The minimum absolute atomic E-state index is 0.0712. The van der Waals surface area contributed by atoms with Crippen LogP contribution in [0.4, 0.5) is 0 Å². The third-order valence-corrected chi connectivity index (χ3v) is 22.6. The zero-order valence-electron chi connectivity index (χ0n) is 56.1. The van der Waals surface area contributed by atoms with Crippen LogP contribution in [0.5, 0.6) is 11.5 Å². The van der Waals surface area contributed by atoms with Crippen LogP contribution in [0.25, 0.3) is 0 Å². The molecule has 3 fully saturated rings. The molecular weight excluding hydrogens is 989 g/mol. The predicted octanol–water partition coefficient (Wildman–Crippen LogP) is 21.8. The fourth-order valence-electron chi connectivity index (χ4n) is 16.4. The van der Waals surface area contributed by atoms with Crippen molar-refractivity contribution in [2.24, 2.45) is 75.4 Å². The molecule has 0 radical (unpaired) electrons. The van der Waals surface area contributed by atoms with E-state index in [0.29, 0.717) is 33.8 Å². The molecule has 5 aliphatic carbocycles. The fourth-order valence-corrected chi connectivity index (χ4v) is 16.4. The minimum Gasteiger partial charge on any atom is -0.507 e. The van der Waals surface area contributed by atoms with E-state index in [1.807, 2.05) is 32.9 Å². The van der Waals surface area contributed by atoms with E-state index in [2.05, 4.69) is 147 Å². The molecule has 3 N–H and O–H groups in total. The highest BCUT2D eigenvalue weighted by atomic mass is 16.5. The van der Waals surface area contributed by atoms with Gasteiger partial charge >= 0.3 is 0 Å². The summed E-state index contributed by atoms with van der Waals surface area (Å²) < 4.78 is 6.60. The number of aliphatic hydroxyl groups excluding tert-OH is 2. The molecule has 3 unspecified atom stereocenters. The SMILES string of the molecule is CC(C)[C@@H](C)/C=C\[C@@H](C)[C@H]1CCC2C3CC=C4C[C@@H](O)CC[C@]4(C)C3CC[C@@]21C.CC1=C(/C=C/C(C)=C/C=C/C(C)=C/CO)C(C)(C)CCC1.Cc1c(C)c2c(c(C)c1O)CC[C@@](C)(CCC[C@H](C)CCC[C@H](C)CCCC(C)C)O2. The first-order valence-electron chi connectivity index (χ1n) is 33.6. The van der Waals surface area contributed by atoms with Crippen LogP contribution in [0, 0.1) is 96.2 Å². The first kappa shape index (κ1) is 68.7. The van der Waals surface area contributed by atoms with Crippen molar-refractivity contribution >= 4 is 0 Å².